The number of carbonyl (C=O) groups excluding carboxylic acids is 1. The quantitative estimate of drug-likeness (QED) is 0.574. The van der Waals surface area contributed by atoms with E-state index in [1.54, 1.807) is 12.1 Å². The van der Waals surface area contributed by atoms with Crippen LogP contribution in [0.2, 0.25) is 5.15 Å². The summed E-state index contributed by atoms with van der Waals surface area (Å²) in [5.74, 6) is 0.397. The van der Waals surface area contributed by atoms with Crippen LogP contribution in [0.5, 0.6) is 5.75 Å². The Morgan fingerprint density at radius 2 is 2.13 bits per heavy atom. The van der Waals surface area contributed by atoms with Gasteiger partial charge < -0.3 is 4.74 Å². The highest BCUT2D eigenvalue weighted by molar-refractivity contribution is 6.29. The van der Waals surface area contributed by atoms with Gasteiger partial charge >= 0.3 is 5.97 Å². The molecule has 0 unspecified atom stereocenters. The number of pyridine rings is 1. The van der Waals surface area contributed by atoms with Crippen molar-refractivity contribution in [1.29, 1.82) is 0 Å². The fraction of sp³-hybridized carbons (Fsp3) is 0.455. The molecule has 4 heteroatoms. The Morgan fingerprint density at radius 3 is 2.73 bits per heavy atom. The number of esters is 1. The molecule has 0 amide bonds. The molecular formula is C11H12ClNO2. The lowest BCUT2D eigenvalue weighted by molar-refractivity contribution is -0.138. The van der Waals surface area contributed by atoms with Gasteiger partial charge in [-0.2, -0.15) is 0 Å². The average Bonchev–Trinajstić information content (AvgIpc) is 2.74. The minimum absolute atomic E-state index is 0.0701. The highest BCUT2D eigenvalue weighted by atomic mass is 35.5. The summed E-state index contributed by atoms with van der Waals surface area (Å²) in [5.41, 5.74) is 0. The maximum atomic E-state index is 11.6. The maximum Gasteiger partial charge on any atom is 0.314 e. The third-order valence-corrected chi connectivity index (χ3v) is 2.83. The Morgan fingerprint density at radius 1 is 1.40 bits per heavy atom. The molecule has 0 atom stereocenters. The van der Waals surface area contributed by atoms with Gasteiger partial charge in [0.05, 0.1) is 12.1 Å². The van der Waals surface area contributed by atoms with E-state index in [2.05, 4.69) is 4.98 Å². The molecule has 1 aromatic rings. The molecule has 80 valence electrons. The van der Waals surface area contributed by atoms with Crippen molar-refractivity contribution >= 4 is 17.6 Å². The van der Waals surface area contributed by atoms with Crippen LogP contribution in [-0.2, 0) is 4.79 Å². The molecule has 0 radical (unpaired) electrons. The molecule has 0 spiro atoms. The number of carbonyl (C=O) groups is 1. The van der Waals surface area contributed by atoms with Crippen LogP contribution in [-0.4, -0.2) is 11.0 Å². The fourth-order valence-corrected chi connectivity index (χ4v) is 1.90. The second-order valence-electron chi connectivity index (χ2n) is 3.72. The van der Waals surface area contributed by atoms with E-state index in [0.717, 1.165) is 25.7 Å². The van der Waals surface area contributed by atoms with E-state index < -0.39 is 0 Å². The number of aromatic nitrogens is 1. The standard InChI is InChI=1S/C11H12ClNO2/c12-10-6-5-9(7-13-10)15-11(14)8-3-1-2-4-8/h5-8H,1-4H2. The molecule has 0 N–H and O–H groups in total. The Bertz CT molecular complexity index is 344. The first-order valence-corrected chi connectivity index (χ1v) is 5.47. The Balaban J connectivity index is 1.96. The Kier molecular flexibility index (Phi) is 3.21. The summed E-state index contributed by atoms with van der Waals surface area (Å²) in [4.78, 5) is 15.5. The number of halogens is 1. The van der Waals surface area contributed by atoms with Crippen LogP contribution < -0.4 is 4.74 Å². The van der Waals surface area contributed by atoms with Gasteiger partial charge in [0.25, 0.3) is 0 Å². The molecule has 1 saturated carbocycles. The smallest absolute Gasteiger partial charge is 0.314 e. The summed E-state index contributed by atoms with van der Waals surface area (Å²) in [6.45, 7) is 0. The number of hydrogen-bond donors (Lipinski definition) is 0. The molecule has 2 rings (SSSR count). The minimum Gasteiger partial charge on any atom is -0.425 e. The predicted molar refractivity (Wildman–Crippen MR) is 56.8 cm³/mol. The van der Waals surface area contributed by atoms with Crippen LogP contribution in [0.4, 0.5) is 0 Å². The van der Waals surface area contributed by atoms with Crippen LogP contribution >= 0.6 is 11.6 Å². The summed E-state index contributed by atoms with van der Waals surface area (Å²) >= 11 is 5.62. The van der Waals surface area contributed by atoms with Crippen LogP contribution in [0.3, 0.4) is 0 Å². The minimum atomic E-state index is -0.142. The molecule has 0 saturated heterocycles. The van der Waals surface area contributed by atoms with E-state index in [1.165, 1.54) is 6.20 Å². The molecule has 15 heavy (non-hydrogen) atoms. The first-order chi connectivity index (χ1) is 7.25. The van der Waals surface area contributed by atoms with Crippen LogP contribution in [0.25, 0.3) is 0 Å². The molecule has 1 aliphatic rings. The molecule has 1 fully saturated rings. The summed E-state index contributed by atoms with van der Waals surface area (Å²) in [6, 6.07) is 3.26. The highest BCUT2D eigenvalue weighted by Gasteiger charge is 2.24. The SMILES string of the molecule is O=C(Oc1ccc(Cl)nc1)C1CCCC1. The second-order valence-corrected chi connectivity index (χ2v) is 4.11. The zero-order valence-electron chi connectivity index (χ0n) is 8.28. The van der Waals surface area contributed by atoms with Gasteiger partial charge in [-0.15, -0.1) is 0 Å². The molecule has 1 aromatic heterocycles. The van der Waals surface area contributed by atoms with E-state index in [-0.39, 0.29) is 11.9 Å². The zero-order valence-corrected chi connectivity index (χ0v) is 9.04. The predicted octanol–water partition coefficient (Wildman–Crippen LogP) is 2.83. The van der Waals surface area contributed by atoms with Crippen molar-refractivity contribution in [2.75, 3.05) is 0 Å². The Labute approximate surface area is 93.4 Å². The van der Waals surface area contributed by atoms with E-state index in [0.29, 0.717) is 10.9 Å². The monoisotopic (exact) mass is 225 g/mol. The van der Waals surface area contributed by atoms with Crippen molar-refractivity contribution < 1.29 is 9.53 Å². The van der Waals surface area contributed by atoms with Gasteiger partial charge in [0.1, 0.15) is 10.9 Å². The Hall–Kier alpha value is -1.09. The number of ether oxygens (including phenoxy) is 1. The molecule has 0 bridgehead atoms. The van der Waals surface area contributed by atoms with Crippen LogP contribution in [0.1, 0.15) is 25.7 Å². The average molecular weight is 226 g/mol. The highest BCUT2D eigenvalue weighted by Crippen LogP contribution is 2.26. The van der Waals surface area contributed by atoms with Crippen LogP contribution in [0, 0.1) is 5.92 Å². The van der Waals surface area contributed by atoms with Gasteiger partial charge in [0.15, 0.2) is 0 Å². The normalized spacial score (nSPS) is 16.6. The van der Waals surface area contributed by atoms with Crippen molar-refractivity contribution in [3.63, 3.8) is 0 Å². The first-order valence-electron chi connectivity index (χ1n) is 5.09. The third kappa shape index (κ3) is 2.69. The maximum absolute atomic E-state index is 11.6. The van der Waals surface area contributed by atoms with Crippen LogP contribution in [0.15, 0.2) is 18.3 Å². The summed E-state index contributed by atoms with van der Waals surface area (Å²) < 4.78 is 5.19. The topological polar surface area (TPSA) is 39.2 Å². The van der Waals surface area contributed by atoms with Gasteiger partial charge in [-0.05, 0) is 25.0 Å². The molecule has 1 heterocycles. The number of nitrogens with zero attached hydrogens (tertiary/aromatic N) is 1. The fourth-order valence-electron chi connectivity index (χ4n) is 1.78. The van der Waals surface area contributed by atoms with E-state index >= 15 is 0 Å². The summed E-state index contributed by atoms with van der Waals surface area (Å²) in [6.07, 6.45) is 5.60. The van der Waals surface area contributed by atoms with Crippen molar-refractivity contribution in [3.8, 4) is 5.75 Å². The van der Waals surface area contributed by atoms with Crippen molar-refractivity contribution in [2.24, 2.45) is 5.92 Å². The second kappa shape index (κ2) is 4.62. The molecule has 1 aliphatic carbocycles. The largest absolute Gasteiger partial charge is 0.425 e. The van der Waals surface area contributed by atoms with Crippen molar-refractivity contribution in [2.45, 2.75) is 25.7 Å². The number of rotatable bonds is 2. The molecule has 3 nitrogen and oxygen atoms in total. The van der Waals surface area contributed by atoms with Gasteiger partial charge in [-0.25, -0.2) is 4.98 Å². The lowest BCUT2D eigenvalue weighted by Gasteiger charge is -2.08. The zero-order chi connectivity index (χ0) is 10.7. The van der Waals surface area contributed by atoms with Gasteiger partial charge in [0.2, 0.25) is 0 Å². The van der Waals surface area contributed by atoms with Gasteiger partial charge in [0, 0.05) is 0 Å². The molecule has 0 aliphatic heterocycles. The van der Waals surface area contributed by atoms with Crippen molar-refractivity contribution in [1.82, 2.24) is 4.98 Å². The molecule has 0 aromatic carbocycles. The van der Waals surface area contributed by atoms with E-state index in [1.807, 2.05) is 0 Å². The summed E-state index contributed by atoms with van der Waals surface area (Å²) in [7, 11) is 0. The third-order valence-electron chi connectivity index (χ3n) is 2.61. The van der Waals surface area contributed by atoms with Crippen molar-refractivity contribution in [3.05, 3.63) is 23.5 Å². The van der Waals surface area contributed by atoms with E-state index in [4.69, 9.17) is 16.3 Å². The first kappa shape index (κ1) is 10.4. The summed E-state index contributed by atoms with van der Waals surface area (Å²) in [5, 5.41) is 0.399. The number of hydrogen-bond acceptors (Lipinski definition) is 3. The lowest BCUT2D eigenvalue weighted by Crippen LogP contribution is -2.17. The van der Waals surface area contributed by atoms with E-state index in [9.17, 15) is 4.79 Å². The molecular weight excluding hydrogens is 214 g/mol. The van der Waals surface area contributed by atoms with Gasteiger partial charge in [-0.1, -0.05) is 24.4 Å². The van der Waals surface area contributed by atoms with Gasteiger partial charge in [-0.3, -0.25) is 4.79 Å². The lowest BCUT2D eigenvalue weighted by atomic mass is 10.1.